The molecule has 0 spiro atoms. The van der Waals surface area contributed by atoms with Gasteiger partial charge in [-0.3, -0.25) is 28.9 Å². The van der Waals surface area contributed by atoms with Crippen molar-refractivity contribution in [1.29, 1.82) is 0 Å². The summed E-state index contributed by atoms with van der Waals surface area (Å²) in [5.41, 5.74) is 4.05. The minimum atomic E-state index is -1.47. The normalized spacial score (nSPS) is 13.8. The first-order chi connectivity index (χ1) is 26.2. The fraction of sp³-hybridized carbons (Fsp3) is 0.375. The highest BCUT2D eigenvalue weighted by Crippen LogP contribution is 2.39. The van der Waals surface area contributed by atoms with Crippen LogP contribution in [0.4, 0.5) is 0 Å². The van der Waals surface area contributed by atoms with Gasteiger partial charge < -0.3 is 34.6 Å². The second-order valence-corrected chi connectivity index (χ2v) is 13.3. The van der Waals surface area contributed by atoms with Crippen LogP contribution in [0.25, 0.3) is 33.1 Å². The monoisotopic (exact) mass is 737 g/mol. The molecule has 1 atom stereocenters. The Morgan fingerprint density at radius 2 is 1.76 bits per heavy atom. The Kier molecular flexibility index (Phi) is 12.4. The molecule has 1 unspecified atom stereocenters. The van der Waals surface area contributed by atoms with Gasteiger partial charge in [-0.15, -0.1) is 0 Å². The average Bonchev–Trinajstić information content (AvgIpc) is 3.71. The smallest absolute Gasteiger partial charge is 0.257 e. The van der Waals surface area contributed by atoms with Gasteiger partial charge >= 0.3 is 0 Å². The van der Waals surface area contributed by atoms with E-state index in [4.69, 9.17) is 14.5 Å². The molecule has 4 aromatic rings. The van der Waals surface area contributed by atoms with E-state index in [2.05, 4.69) is 16.7 Å². The molecular formula is C40H43N5O9. The number of nitrogens with one attached hydrogen (secondary N) is 2. The van der Waals surface area contributed by atoms with E-state index < -0.39 is 6.10 Å². The van der Waals surface area contributed by atoms with Crippen molar-refractivity contribution in [2.75, 3.05) is 33.5 Å². The van der Waals surface area contributed by atoms with Crippen LogP contribution in [0.5, 0.6) is 0 Å². The molecule has 6 rings (SSSR count). The van der Waals surface area contributed by atoms with Crippen molar-refractivity contribution < 1.29 is 38.6 Å². The van der Waals surface area contributed by atoms with Gasteiger partial charge in [0.1, 0.15) is 12.8 Å². The first-order valence-corrected chi connectivity index (χ1v) is 18.1. The number of amides is 4. The van der Waals surface area contributed by atoms with Gasteiger partial charge in [0.25, 0.3) is 17.4 Å². The molecule has 2 aliphatic rings. The Labute approximate surface area is 311 Å². The molecule has 0 radical (unpaired) electrons. The maximum Gasteiger partial charge on any atom is 0.257 e. The number of fused-ring (bicyclic) bond motifs is 6. The van der Waals surface area contributed by atoms with E-state index >= 15 is 0 Å². The number of aldehydes is 1. The summed E-state index contributed by atoms with van der Waals surface area (Å²) >= 11 is 0. The van der Waals surface area contributed by atoms with Crippen molar-refractivity contribution in [3.63, 3.8) is 0 Å². The molecule has 2 aromatic carbocycles. The number of hydrogen-bond donors (Lipinski definition) is 3. The molecule has 2 aliphatic heterocycles. The summed E-state index contributed by atoms with van der Waals surface area (Å²) in [6.07, 6.45) is 5.59. The van der Waals surface area contributed by atoms with Gasteiger partial charge in [-0.1, -0.05) is 36.8 Å². The van der Waals surface area contributed by atoms with Gasteiger partial charge in [-0.2, -0.15) is 0 Å². The van der Waals surface area contributed by atoms with Gasteiger partial charge in [0.05, 0.1) is 36.6 Å². The lowest BCUT2D eigenvalue weighted by atomic mass is 9.92. The average molecular weight is 738 g/mol. The molecule has 4 amide bonds. The number of aliphatic hydroxyl groups excluding tert-OH is 1. The minimum Gasteiger partial charge on any atom is -0.381 e. The highest BCUT2D eigenvalue weighted by Gasteiger charge is 2.30. The largest absolute Gasteiger partial charge is 0.381 e. The maximum absolute atomic E-state index is 13.7. The highest BCUT2D eigenvalue weighted by molar-refractivity contribution is 6.13. The van der Waals surface area contributed by atoms with Crippen molar-refractivity contribution >= 4 is 51.6 Å². The number of aryl methyl sites for hydroxylation is 1. The molecule has 0 saturated carbocycles. The number of imide groups is 1. The molecule has 14 nitrogen and oxygen atoms in total. The number of hydrogen-bond acceptors (Lipinski definition) is 10. The third kappa shape index (κ3) is 8.30. The summed E-state index contributed by atoms with van der Waals surface area (Å²) in [5, 5.41) is 18.9. The number of unbranched alkanes of at least 4 members (excludes halogenated alkanes) is 3. The summed E-state index contributed by atoms with van der Waals surface area (Å²) in [6, 6.07) is 13.7. The van der Waals surface area contributed by atoms with E-state index in [9.17, 15) is 33.9 Å². The van der Waals surface area contributed by atoms with E-state index in [-0.39, 0.29) is 66.6 Å². The zero-order valence-electron chi connectivity index (χ0n) is 30.1. The van der Waals surface area contributed by atoms with Crippen molar-refractivity contribution in [2.24, 2.45) is 0 Å². The number of ether oxygens (including phenoxy) is 2. The SMILES string of the molecule is COCc1c(C(O)C=O)cc2n(c1=O)Cc1c-2nc2ccc3ccccc3c2c1CCCCOCNC(=O)CNC(=O)CCCCCN1C(=O)C=CC1=O. The Balaban J connectivity index is 1.02. The molecule has 3 N–H and O–H groups in total. The molecule has 0 bridgehead atoms. The van der Waals surface area contributed by atoms with Crippen molar-refractivity contribution in [1.82, 2.24) is 25.1 Å². The molecule has 4 heterocycles. The molecule has 0 saturated heterocycles. The second-order valence-electron chi connectivity index (χ2n) is 13.3. The number of aliphatic hydroxyl groups is 1. The highest BCUT2D eigenvalue weighted by atomic mass is 16.5. The number of rotatable bonds is 19. The Morgan fingerprint density at radius 3 is 2.54 bits per heavy atom. The zero-order valence-corrected chi connectivity index (χ0v) is 30.1. The lowest BCUT2D eigenvalue weighted by Crippen LogP contribution is -2.37. The Hall–Kier alpha value is -5.57. The van der Waals surface area contributed by atoms with Crippen LogP contribution in [0.2, 0.25) is 0 Å². The van der Waals surface area contributed by atoms with Crippen LogP contribution >= 0.6 is 0 Å². The maximum atomic E-state index is 13.7. The van der Waals surface area contributed by atoms with Gasteiger partial charge in [0, 0.05) is 60.9 Å². The summed E-state index contributed by atoms with van der Waals surface area (Å²) in [6.45, 7) is 0.765. The van der Waals surface area contributed by atoms with Crippen LogP contribution in [0.15, 0.2) is 59.4 Å². The number of benzene rings is 2. The summed E-state index contributed by atoms with van der Waals surface area (Å²) in [7, 11) is 1.46. The Bertz CT molecular complexity index is 2180. The summed E-state index contributed by atoms with van der Waals surface area (Å²) in [4.78, 5) is 79.1. The third-order valence-corrected chi connectivity index (χ3v) is 9.79. The van der Waals surface area contributed by atoms with Crippen molar-refractivity contribution in [2.45, 2.75) is 64.2 Å². The van der Waals surface area contributed by atoms with Crippen LogP contribution in [0.1, 0.15) is 66.9 Å². The van der Waals surface area contributed by atoms with Crippen LogP contribution in [-0.2, 0) is 53.0 Å². The molecule has 2 aromatic heterocycles. The predicted molar refractivity (Wildman–Crippen MR) is 199 cm³/mol. The van der Waals surface area contributed by atoms with E-state index in [0.717, 1.165) is 39.2 Å². The van der Waals surface area contributed by atoms with E-state index in [0.29, 0.717) is 69.5 Å². The topological polar surface area (TPSA) is 186 Å². The van der Waals surface area contributed by atoms with Gasteiger partial charge in [0.2, 0.25) is 11.8 Å². The number of nitrogens with zero attached hydrogens (tertiary/aromatic N) is 3. The summed E-state index contributed by atoms with van der Waals surface area (Å²) < 4.78 is 12.6. The van der Waals surface area contributed by atoms with E-state index in [1.165, 1.54) is 24.2 Å². The fourth-order valence-corrected chi connectivity index (χ4v) is 7.08. The number of carbonyl (C=O) groups is 5. The first kappa shape index (κ1) is 38.2. The Morgan fingerprint density at radius 1 is 0.963 bits per heavy atom. The van der Waals surface area contributed by atoms with E-state index in [1.54, 1.807) is 10.6 Å². The van der Waals surface area contributed by atoms with Crippen LogP contribution < -0.4 is 16.2 Å². The molecule has 0 aliphatic carbocycles. The fourth-order valence-electron chi connectivity index (χ4n) is 7.08. The van der Waals surface area contributed by atoms with Crippen LogP contribution in [0, 0.1) is 0 Å². The van der Waals surface area contributed by atoms with Gasteiger partial charge in [0.15, 0.2) is 6.29 Å². The second kappa shape index (κ2) is 17.5. The lowest BCUT2D eigenvalue weighted by molar-refractivity contribution is -0.137. The molecule has 54 heavy (non-hydrogen) atoms. The number of pyridine rings is 2. The molecule has 0 fully saturated rings. The standard InChI is InChI=1S/C40H43N5O9/c1-53-23-30-28(33(47)22-46)19-32-39-29(21-45(32)40(30)52)27(38-26-10-5-4-9-25(26)13-14-31(38)43-39)11-6-8-18-54-24-42-35(49)20-41-34(48)12-3-2-7-17-44-36(50)15-16-37(44)51/h4-5,9-10,13-16,19,22,33,47H,2-3,6-8,11-12,17-18,20-21,23-24H2,1H3,(H,41,48)(H,42,49). The quantitative estimate of drug-likeness (QED) is 0.0374. The van der Waals surface area contributed by atoms with Gasteiger partial charge in [-0.25, -0.2) is 4.98 Å². The minimum absolute atomic E-state index is 0.00721. The first-order valence-electron chi connectivity index (χ1n) is 18.1. The molecular weight excluding hydrogens is 694 g/mol. The number of carbonyl (C=O) groups excluding carboxylic acids is 5. The van der Waals surface area contributed by atoms with E-state index in [1.807, 2.05) is 30.3 Å². The third-order valence-electron chi connectivity index (χ3n) is 9.79. The van der Waals surface area contributed by atoms with Crippen molar-refractivity contribution in [3.05, 3.63) is 87.2 Å². The lowest BCUT2D eigenvalue weighted by Gasteiger charge is -2.15. The van der Waals surface area contributed by atoms with Gasteiger partial charge in [-0.05, 0) is 60.6 Å². The zero-order chi connectivity index (χ0) is 38.2. The molecule has 282 valence electrons. The van der Waals surface area contributed by atoms with Crippen molar-refractivity contribution in [3.8, 4) is 11.4 Å². The summed E-state index contributed by atoms with van der Waals surface area (Å²) in [5.74, 6) is -1.27. The van der Waals surface area contributed by atoms with Crippen LogP contribution in [-0.4, -0.2) is 83.0 Å². The molecule has 14 heteroatoms. The number of methoxy groups -OCH3 is 1. The number of aromatic nitrogens is 2. The predicted octanol–water partition coefficient (Wildman–Crippen LogP) is 2.97. The van der Waals surface area contributed by atoms with Crippen LogP contribution in [0.3, 0.4) is 0 Å².